The molecule has 1 aromatic heterocycles. The average molecular weight is 534 g/mol. The van der Waals surface area contributed by atoms with Crippen molar-refractivity contribution in [2.45, 2.75) is 91.6 Å². The summed E-state index contributed by atoms with van der Waals surface area (Å²) in [6.07, 6.45) is 11.3. The second kappa shape index (κ2) is 10.6. The minimum Gasteiger partial charge on any atom is -0.495 e. The number of nitrogens with one attached hydrogen (secondary N) is 1. The number of ether oxygens (including phenoxy) is 2. The standard InChI is InChI=1S/C22H32O3.C11H11NO2/c1-4-20(24)25-19-8-7-17-16-6-5-14-13-15(23)9-11-21(14,2)18(16)10-12-22(17,19)3;1-7-6-10(13)12-11-8(7)4-3-5-9(11)14-2/h13,16-19H,4-12H2,1-3H3;3-6H,1-2H3,(H,12,13). The summed E-state index contributed by atoms with van der Waals surface area (Å²) in [5, 5.41) is 1.02. The first-order valence-corrected chi connectivity index (χ1v) is 14.7. The molecule has 6 unspecified atom stereocenters. The van der Waals surface area contributed by atoms with Crippen molar-refractivity contribution in [3.63, 3.8) is 0 Å². The van der Waals surface area contributed by atoms with Crippen LogP contribution in [-0.4, -0.2) is 30.0 Å². The molecule has 39 heavy (non-hydrogen) atoms. The summed E-state index contributed by atoms with van der Waals surface area (Å²) in [6.45, 7) is 8.60. The number of allylic oxidation sites excluding steroid dienone is 1. The van der Waals surface area contributed by atoms with Crippen molar-refractivity contribution in [2.24, 2.45) is 28.6 Å². The summed E-state index contributed by atoms with van der Waals surface area (Å²) >= 11 is 0. The molecule has 6 nitrogen and oxygen atoms in total. The molecule has 210 valence electrons. The predicted octanol–water partition coefficient (Wildman–Crippen LogP) is 6.69. The Morgan fingerprint density at radius 1 is 1.05 bits per heavy atom. The number of benzene rings is 1. The van der Waals surface area contributed by atoms with E-state index >= 15 is 0 Å². The Hall–Kier alpha value is -2.89. The Morgan fingerprint density at radius 2 is 1.85 bits per heavy atom. The van der Waals surface area contributed by atoms with Crippen LogP contribution in [0.15, 0.2) is 40.7 Å². The Bertz CT molecular complexity index is 1360. The zero-order chi connectivity index (χ0) is 27.9. The highest BCUT2D eigenvalue weighted by Crippen LogP contribution is 2.65. The number of H-pyrrole nitrogens is 1. The first-order valence-electron chi connectivity index (χ1n) is 14.7. The number of aryl methyl sites for hydroxylation is 1. The molecule has 3 fully saturated rings. The van der Waals surface area contributed by atoms with Crippen LogP contribution in [0, 0.1) is 35.5 Å². The van der Waals surface area contributed by atoms with Crippen LogP contribution in [0.2, 0.25) is 0 Å². The van der Waals surface area contributed by atoms with Gasteiger partial charge in [-0.3, -0.25) is 14.4 Å². The highest BCUT2D eigenvalue weighted by atomic mass is 16.5. The maximum Gasteiger partial charge on any atom is 0.305 e. The van der Waals surface area contributed by atoms with E-state index in [0.29, 0.717) is 29.8 Å². The van der Waals surface area contributed by atoms with Crippen LogP contribution in [-0.2, 0) is 14.3 Å². The van der Waals surface area contributed by atoms with E-state index in [1.54, 1.807) is 13.2 Å². The van der Waals surface area contributed by atoms with Gasteiger partial charge in [-0.15, -0.1) is 0 Å². The van der Waals surface area contributed by atoms with Crippen molar-refractivity contribution < 1.29 is 19.1 Å². The van der Waals surface area contributed by atoms with E-state index in [2.05, 4.69) is 18.8 Å². The van der Waals surface area contributed by atoms with E-state index in [9.17, 15) is 14.4 Å². The van der Waals surface area contributed by atoms with Crippen molar-refractivity contribution in [2.75, 3.05) is 7.11 Å². The van der Waals surface area contributed by atoms with Gasteiger partial charge >= 0.3 is 5.97 Å². The maximum atomic E-state index is 11.9. The zero-order valence-electron chi connectivity index (χ0n) is 24.1. The molecule has 0 amide bonds. The molecule has 0 saturated heterocycles. The number of ketones is 1. The van der Waals surface area contributed by atoms with E-state index < -0.39 is 0 Å². The van der Waals surface area contributed by atoms with Gasteiger partial charge in [0.05, 0.1) is 12.6 Å². The number of methoxy groups -OCH3 is 1. The summed E-state index contributed by atoms with van der Waals surface area (Å²) in [5.41, 5.74) is 3.45. The fourth-order valence-electron chi connectivity index (χ4n) is 8.54. The van der Waals surface area contributed by atoms with Gasteiger partial charge in [0.1, 0.15) is 11.9 Å². The summed E-state index contributed by atoms with van der Waals surface area (Å²) in [6, 6.07) is 7.29. The first-order chi connectivity index (χ1) is 18.6. The lowest BCUT2D eigenvalue weighted by Gasteiger charge is -2.57. The number of carbonyl (C=O) groups excluding carboxylic acids is 2. The lowest BCUT2D eigenvalue weighted by Crippen LogP contribution is -2.51. The largest absolute Gasteiger partial charge is 0.495 e. The van der Waals surface area contributed by atoms with Crippen molar-refractivity contribution >= 4 is 22.7 Å². The smallest absolute Gasteiger partial charge is 0.305 e. The molecule has 1 N–H and O–H groups in total. The third-order valence-electron chi connectivity index (χ3n) is 10.7. The van der Waals surface area contributed by atoms with Gasteiger partial charge in [0.15, 0.2) is 5.78 Å². The van der Waals surface area contributed by atoms with E-state index in [0.717, 1.165) is 54.5 Å². The molecule has 0 radical (unpaired) electrons. The molecule has 3 saturated carbocycles. The molecule has 0 bridgehead atoms. The summed E-state index contributed by atoms with van der Waals surface area (Å²) in [4.78, 5) is 37.8. The lowest BCUT2D eigenvalue weighted by atomic mass is 9.47. The SMILES string of the molecule is CCC(=O)OC1CCC2C3CCC4=CC(=O)CCC4(C)C3CCC12C.COc1cccc2c(C)cc(=O)[nH]c12. The van der Waals surface area contributed by atoms with E-state index in [1.165, 1.54) is 24.8 Å². The Labute approximate surface area is 231 Å². The van der Waals surface area contributed by atoms with Gasteiger partial charge in [-0.25, -0.2) is 0 Å². The van der Waals surface area contributed by atoms with Crippen LogP contribution in [0.3, 0.4) is 0 Å². The first kappa shape index (κ1) is 27.7. The van der Waals surface area contributed by atoms with Gasteiger partial charge in [0.25, 0.3) is 0 Å². The lowest BCUT2D eigenvalue weighted by molar-refractivity contribution is -0.159. The van der Waals surface area contributed by atoms with Crippen molar-refractivity contribution in [1.82, 2.24) is 4.98 Å². The summed E-state index contributed by atoms with van der Waals surface area (Å²) in [7, 11) is 1.59. The number of pyridine rings is 1. The van der Waals surface area contributed by atoms with Crippen LogP contribution >= 0.6 is 0 Å². The number of fused-ring (bicyclic) bond motifs is 6. The van der Waals surface area contributed by atoms with Crippen LogP contribution in [0.5, 0.6) is 5.75 Å². The second-order valence-electron chi connectivity index (χ2n) is 12.6. The number of carbonyl (C=O) groups is 2. The average Bonchev–Trinajstić information content (AvgIpc) is 3.25. The number of para-hydroxylation sites is 1. The van der Waals surface area contributed by atoms with Gasteiger partial charge in [-0.1, -0.05) is 38.5 Å². The highest BCUT2D eigenvalue weighted by Gasteiger charge is 2.59. The fourth-order valence-corrected chi connectivity index (χ4v) is 8.54. The van der Waals surface area contributed by atoms with Gasteiger partial charge in [-0.2, -0.15) is 0 Å². The zero-order valence-corrected chi connectivity index (χ0v) is 24.1. The Kier molecular flexibility index (Phi) is 7.51. The number of aromatic amines is 1. The molecule has 4 aliphatic rings. The maximum absolute atomic E-state index is 11.9. The molecule has 6 atom stereocenters. The molecule has 4 aliphatic carbocycles. The normalized spacial score (nSPS) is 33.2. The number of aromatic nitrogens is 1. The fraction of sp³-hybridized carbons (Fsp3) is 0.606. The number of hydrogen-bond acceptors (Lipinski definition) is 5. The van der Waals surface area contributed by atoms with E-state index in [-0.39, 0.29) is 28.5 Å². The number of hydrogen-bond donors (Lipinski definition) is 1. The molecule has 6 heteroatoms. The van der Waals surface area contributed by atoms with Gasteiger partial charge in [0, 0.05) is 29.7 Å². The third kappa shape index (κ3) is 4.85. The van der Waals surface area contributed by atoms with Crippen LogP contribution in [0.25, 0.3) is 10.9 Å². The number of rotatable bonds is 3. The van der Waals surface area contributed by atoms with Gasteiger partial charge in [0.2, 0.25) is 5.56 Å². The molecule has 2 aromatic rings. The molecule has 0 spiro atoms. The molecular weight excluding hydrogens is 490 g/mol. The van der Waals surface area contributed by atoms with Gasteiger partial charge < -0.3 is 14.5 Å². The molecule has 1 aromatic carbocycles. The van der Waals surface area contributed by atoms with Crippen molar-refractivity contribution in [3.05, 3.63) is 51.8 Å². The molecule has 6 rings (SSSR count). The van der Waals surface area contributed by atoms with E-state index in [1.807, 2.05) is 38.1 Å². The minimum absolute atomic E-state index is 0.0411. The minimum atomic E-state index is -0.0977. The van der Waals surface area contributed by atoms with Crippen LogP contribution in [0.1, 0.15) is 84.1 Å². The third-order valence-corrected chi connectivity index (χ3v) is 10.7. The monoisotopic (exact) mass is 533 g/mol. The summed E-state index contributed by atoms with van der Waals surface area (Å²) in [5.74, 6) is 3.11. The topological polar surface area (TPSA) is 85.5 Å². The van der Waals surface area contributed by atoms with Crippen molar-refractivity contribution in [3.8, 4) is 5.75 Å². The van der Waals surface area contributed by atoms with Gasteiger partial charge in [-0.05, 0) is 92.7 Å². The van der Waals surface area contributed by atoms with Crippen LogP contribution in [0.4, 0.5) is 0 Å². The van der Waals surface area contributed by atoms with Crippen LogP contribution < -0.4 is 10.3 Å². The Balaban J connectivity index is 0.000000186. The highest BCUT2D eigenvalue weighted by molar-refractivity contribution is 5.91. The quantitative estimate of drug-likeness (QED) is 0.445. The molecular formula is C33H43NO5. The predicted molar refractivity (Wildman–Crippen MR) is 153 cm³/mol. The molecule has 1 heterocycles. The Morgan fingerprint density at radius 3 is 2.59 bits per heavy atom. The number of esters is 1. The second-order valence-corrected chi connectivity index (χ2v) is 12.6. The van der Waals surface area contributed by atoms with E-state index in [4.69, 9.17) is 9.47 Å². The van der Waals surface area contributed by atoms with Crippen molar-refractivity contribution in [1.29, 1.82) is 0 Å². The molecule has 0 aliphatic heterocycles. The summed E-state index contributed by atoms with van der Waals surface area (Å²) < 4.78 is 11.0.